The number of halogens is 1. The number of amides is 3. The van der Waals surface area contributed by atoms with Gasteiger partial charge in [0.25, 0.3) is 5.91 Å². The van der Waals surface area contributed by atoms with Gasteiger partial charge in [0.05, 0.1) is 0 Å². The quantitative estimate of drug-likeness (QED) is 0.691. The molecule has 0 aliphatic heterocycles. The molecule has 0 saturated carbocycles. The van der Waals surface area contributed by atoms with Gasteiger partial charge >= 0.3 is 12.0 Å². The second-order valence-electron chi connectivity index (χ2n) is 4.07. The number of imide groups is 1. The Hall–Kier alpha value is -2.12. The van der Waals surface area contributed by atoms with E-state index in [0.29, 0.717) is 18.0 Å². The monoisotopic (exact) mass is 314 g/mol. The summed E-state index contributed by atoms with van der Waals surface area (Å²) >= 11 is 5.75. The first-order chi connectivity index (χ1) is 9.97. The molecule has 7 nitrogen and oxygen atoms in total. The first-order valence-corrected chi connectivity index (χ1v) is 6.47. The average molecular weight is 315 g/mol. The van der Waals surface area contributed by atoms with Gasteiger partial charge in [-0.05, 0) is 24.1 Å². The lowest BCUT2D eigenvalue weighted by molar-refractivity contribution is -0.143. The number of hydrogen-bond donors (Lipinski definition) is 3. The van der Waals surface area contributed by atoms with E-state index in [1.165, 1.54) is 0 Å². The van der Waals surface area contributed by atoms with Crippen molar-refractivity contribution >= 4 is 29.5 Å². The van der Waals surface area contributed by atoms with Crippen molar-refractivity contribution in [3.63, 3.8) is 0 Å². The largest absolute Gasteiger partial charge is 0.480 e. The van der Waals surface area contributed by atoms with Crippen LogP contribution in [0.25, 0.3) is 0 Å². The van der Waals surface area contributed by atoms with Crippen molar-refractivity contribution in [3.05, 3.63) is 34.9 Å². The smallest absolute Gasteiger partial charge is 0.329 e. The summed E-state index contributed by atoms with van der Waals surface area (Å²) in [6.07, 6.45) is 0.592. The summed E-state index contributed by atoms with van der Waals surface area (Å²) in [5.41, 5.74) is 0.996. The minimum absolute atomic E-state index is 0.344. The number of rotatable bonds is 7. The SMILES string of the molecule is O=C(O)COCC(=O)NC(=O)NCCc1ccc(Cl)cc1. The van der Waals surface area contributed by atoms with E-state index < -0.39 is 31.1 Å². The summed E-state index contributed by atoms with van der Waals surface area (Å²) in [6, 6.07) is 6.52. The highest BCUT2D eigenvalue weighted by Gasteiger charge is 2.08. The van der Waals surface area contributed by atoms with Gasteiger partial charge in [0.2, 0.25) is 0 Å². The Balaban J connectivity index is 2.17. The molecule has 0 aliphatic rings. The van der Waals surface area contributed by atoms with Crippen molar-refractivity contribution in [2.45, 2.75) is 6.42 Å². The molecule has 3 amide bonds. The Morgan fingerprint density at radius 3 is 2.43 bits per heavy atom. The highest BCUT2D eigenvalue weighted by atomic mass is 35.5. The third kappa shape index (κ3) is 7.91. The lowest BCUT2D eigenvalue weighted by Gasteiger charge is -2.07. The molecule has 0 bridgehead atoms. The zero-order valence-corrected chi connectivity index (χ0v) is 11.9. The van der Waals surface area contributed by atoms with Crippen LogP contribution in [0.1, 0.15) is 5.56 Å². The van der Waals surface area contributed by atoms with E-state index >= 15 is 0 Å². The van der Waals surface area contributed by atoms with Gasteiger partial charge in [0.1, 0.15) is 13.2 Å². The van der Waals surface area contributed by atoms with Crippen LogP contribution >= 0.6 is 11.6 Å². The minimum Gasteiger partial charge on any atom is -0.480 e. The van der Waals surface area contributed by atoms with E-state index in [2.05, 4.69) is 10.1 Å². The topological polar surface area (TPSA) is 105 Å². The predicted molar refractivity (Wildman–Crippen MR) is 75.2 cm³/mol. The molecule has 0 radical (unpaired) electrons. The van der Waals surface area contributed by atoms with E-state index in [4.69, 9.17) is 16.7 Å². The third-order valence-corrected chi connectivity index (χ3v) is 2.58. The predicted octanol–water partition coefficient (Wildman–Crippen LogP) is 0.810. The van der Waals surface area contributed by atoms with Crippen molar-refractivity contribution in [2.75, 3.05) is 19.8 Å². The maximum Gasteiger partial charge on any atom is 0.329 e. The van der Waals surface area contributed by atoms with Gasteiger partial charge in [-0.1, -0.05) is 23.7 Å². The minimum atomic E-state index is -1.18. The number of aliphatic carboxylic acids is 1. The summed E-state index contributed by atoms with van der Waals surface area (Å²) in [5, 5.41) is 13.5. The van der Waals surface area contributed by atoms with Crippen molar-refractivity contribution in [1.29, 1.82) is 0 Å². The number of hydrogen-bond acceptors (Lipinski definition) is 4. The van der Waals surface area contributed by atoms with Crippen molar-refractivity contribution < 1.29 is 24.2 Å². The van der Waals surface area contributed by atoms with E-state index in [0.717, 1.165) is 5.56 Å². The molecule has 1 rings (SSSR count). The molecule has 3 N–H and O–H groups in total. The van der Waals surface area contributed by atoms with Gasteiger partial charge in [0, 0.05) is 11.6 Å². The first-order valence-electron chi connectivity index (χ1n) is 6.09. The van der Waals surface area contributed by atoms with Crippen LogP contribution in [0.4, 0.5) is 4.79 Å². The number of carboxylic acid groups (broad SMARTS) is 1. The molecule has 1 aromatic rings. The highest BCUT2D eigenvalue weighted by Crippen LogP contribution is 2.09. The number of urea groups is 1. The second kappa shape index (κ2) is 8.93. The molecule has 0 spiro atoms. The van der Waals surface area contributed by atoms with Gasteiger partial charge in [-0.25, -0.2) is 9.59 Å². The molecule has 114 valence electrons. The molecule has 1 aromatic carbocycles. The van der Waals surface area contributed by atoms with E-state index in [1.807, 2.05) is 17.4 Å². The zero-order chi connectivity index (χ0) is 15.7. The number of carboxylic acids is 1. The summed E-state index contributed by atoms with van der Waals surface area (Å²) in [4.78, 5) is 32.7. The maximum atomic E-state index is 11.4. The van der Waals surface area contributed by atoms with Crippen LogP contribution in [0.15, 0.2) is 24.3 Å². The number of nitrogens with one attached hydrogen (secondary N) is 2. The van der Waals surface area contributed by atoms with E-state index in [9.17, 15) is 14.4 Å². The molecule has 0 fully saturated rings. The maximum absolute atomic E-state index is 11.4. The second-order valence-corrected chi connectivity index (χ2v) is 4.50. The zero-order valence-electron chi connectivity index (χ0n) is 11.1. The van der Waals surface area contributed by atoms with Crippen LogP contribution in [0.3, 0.4) is 0 Å². The molecule has 0 aromatic heterocycles. The van der Waals surface area contributed by atoms with Gasteiger partial charge in [-0.3, -0.25) is 10.1 Å². The number of ether oxygens (including phenoxy) is 1. The van der Waals surface area contributed by atoms with Crippen LogP contribution in [0.5, 0.6) is 0 Å². The molecular formula is C13H15ClN2O5. The Bertz CT molecular complexity index is 504. The standard InChI is InChI=1S/C13H15ClN2O5/c14-10-3-1-9(2-4-10)5-6-15-13(20)16-11(17)7-21-8-12(18)19/h1-4H,5-8H2,(H,18,19)(H2,15,16,17,20). The van der Waals surface area contributed by atoms with E-state index in [-0.39, 0.29) is 0 Å². The Labute approximate surface area is 126 Å². The molecule has 0 aliphatic carbocycles. The van der Waals surface area contributed by atoms with Crippen LogP contribution in [0, 0.1) is 0 Å². The molecule has 21 heavy (non-hydrogen) atoms. The van der Waals surface area contributed by atoms with Crippen LogP contribution in [-0.4, -0.2) is 42.8 Å². The Kier molecular flexibility index (Phi) is 7.20. The molecular weight excluding hydrogens is 300 g/mol. The van der Waals surface area contributed by atoms with Crippen molar-refractivity contribution in [2.24, 2.45) is 0 Å². The van der Waals surface area contributed by atoms with Crippen molar-refractivity contribution in [3.8, 4) is 0 Å². The fourth-order valence-electron chi connectivity index (χ4n) is 1.41. The lowest BCUT2D eigenvalue weighted by atomic mass is 10.1. The normalized spacial score (nSPS) is 9.95. The van der Waals surface area contributed by atoms with Crippen molar-refractivity contribution in [1.82, 2.24) is 10.6 Å². The van der Waals surface area contributed by atoms with Gasteiger partial charge in [-0.15, -0.1) is 0 Å². The van der Waals surface area contributed by atoms with E-state index in [1.54, 1.807) is 12.1 Å². The molecule has 8 heteroatoms. The van der Waals surface area contributed by atoms with Crippen LogP contribution in [-0.2, 0) is 20.7 Å². The number of carbonyl (C=O) groups excluding carboxylic acids is 2. The van der Waals surface area contributed by atoms with Crippen LogP contribution < -0.4 is 10.6 Å². The van der Waals surface area contributed by atoms with Gasteiger partial charge in [-0.2, -0.15) is 0 Å². The summed E-state index contributed by atoms with van der Waals surface area (Å²) in [5.74, 6) is -1.89. The van der Waals surface area contributed by atoms with Gasteiger partial charge < -0.3 is 15.2 Å². The Morgan fingerprint density at radius 1 is 1.14 bits per heavy atom. The molecule has 0 atom stereocenters. The molecule has 0 saturated heterocycles. The Morgan fingerprint density at radius 2 is 1.81 bits per heavy atom. The summed E-state index contributed by atoms with van der Waals surface area (Å²) in [6.45, 7) is -0.737. The summed E-state index contributed by atoms with van der Waals surface area (Å²) < 4.78 is 4.54. The fraction of sp³-hybridized carbons (Fsp3) is 0.308. The van der Waals surface area contributed by atoms with Gasteiger partial charge in [0.15, 0.2) is 0 Å². The highest BCUT2D eigenvalue weighted by molar-refractivity contribution is 6.30. The summed E-state index contributed by atoms with van der Waals surface area (Å²) in [7, 11) is 0. The first kappa shape index (κ1) is 16.9. The molecule has 0 heterocycles. The average Bonchev–Trinajstić information content (AvgIpc) is 2.40. The van der Waals surface area contributed by atoms with Crippen LogP contribution in [0.2, 0.25) is 5.02 Å². The number of benzene rings is 1. The lowest BCUT2D eigenvalue weighted by Crippen LogP contribution is -2.42. The fourth-order valence-corrected chi connectivity index (χ4v) is 1.54. The molecule has 0 unspecified atom stereocenters. The third-order valence-electron chi connectivity index (χ3n) is 2.32. The number of carbonyl (C=O) groups is 3.